The third-order valence-corrected chi connectivity index (χ3v) is 6.19. The molecule has 4 rings (SSSR count). The zero-order valence-electron chi connectivity index (χ0n) is 20.8. The summed E-state index contributed by atoms with van der Waals surface area (Å²) in [5, 5.41) is 3.53. The predicted molar refractivity (Wildman–Crippen MR) is 142 cm³/mol. The van der Waals surface area contributed by atoms with E-state index in [-0.39, 0.29) is 18.7 Å². The lowest BCUT2D eigenvalue weighted by molar-refractivity contribution is -0.132. The Balaban J connectivity index is 1.46. The molecule has 1 atom stereocenters. The highest BCUT2D eigenvalue weighted by molar-refractivity contribution is 7.98. The number of nitrogens with one attached hydrogen (secondary N) is 1. The van der Waals surface area contributed by atoms with Crippen molar-refractivity contribution in [1.29, 1.82) is 0 Å². The Bertz CT molecular complexity index is 1390. The first-order valence-corrected chi connectivity index (χ1v) is 12.4. The SMILES string of the molecule is CC(C)(C)OC(=O)NC(C(=O)N1CC(N)=C(/C=N/Sc2ccc3ncccc3c2)C1)c1ccccc1F. The first-order chi connectivity index (χ1) is 17.6. The number of carbonyl (C=O) groups excluding carboxylic acids is 2. The highest BCUT2D eigenvalue weighted by Gasteiger charge is 2.34. The smallest absolute Gasteiger partial charge is 0.408 e. The fraction of sp³-hybridized carbons (Fsp3) is 0.259. The summed E-state index contributed by atoms with van der Waals surface area (Å²) in [7, 11) is 0. The maximum absolute atomic E-state index is 14.6. The molecule has 0 aliphatic carbocycles. The van der Waals surface area contributed by atoms with Gasteiger partial charge in [-0.15, -0.1) is 0 Å². The zero-order valence-corrected chi connectivity index (χ0v) is 21.6. The molecule has 0 bridgehead atoms. The molecule has 0 saturated carbocycles. The van der Waals surface area contributed by atoms with Gasteiger partial charge in [-0.2, -0.15) is 0 Å². The molecule has 2 aromatic carbocycles. The molecule has 1 unspecified atom stereocenters. The van der Waals surface area contributed by atoms with Crippen molar-refractivity contribution in [2.45, 2.75) is 37.3 Å². The molecule has 8 nitrogen and oxygen atoms in total. The molecule has 1 aliphatic heterocycles. The van der Waals surface area contributed by atoms with E-state index in [2.05, 4.69) is 14.7 Å². The third-order valence-electron chi connectivity index (χ3n) is 5.51. The van der Waals surface area contributed by atoms with E-state index in [0.29, 0.717) is 11.3 Å². The van der Waals surface area contributed by atoms with Crippen molar-refractivity contribution in [2.75, 3.05) is 13.1 Å². The molecule has 3 aromatic rings. The maximum atomic E-state index is 14.6. The number of hydrogen-bond acceptors (Lipinski definition) is 7. The number of nitrogens with two attached hydrogens (primary N) is 1. The number of ether oxygens (including phenoxy) is 1. The lowest BCUT2D eigenvalue weighted by atomic mass is 10.0. The second kappa shape index (κ2) is 11.0. The summed E-state index contributed by atoms with van der Waals surface area (Å²) >= 11 is 1.28. The third kappa shape index (κ3) is 6.65. The van der Waals surface area contributed by atoms with Crippen molar-refractivity contribution in [3.05, 3.63) is 83.4 Å². The minimum Gasteiger partial charge on any atom is -0.444 e. The van der Waals surface area contributed by atoms with Gasteiger partial charge in [-0.25, -0.2) is 13.6 Å². The summed E-state index contributed by atoms with van der Waals surface area (Å²) in [6, 6.07) is 14.2. The predicted octanol–water partition coefficient (Wildman–Crippen LogP) is 4.77. The summed E-state index contributed by atoms with van der Waals surface area (Å²) in [6.45, 7) is 5.42. The van der Waals surface area contributed by atoms with Crippen molar-refractivity contribution in [3.63, 3.8) is 0 Å². The van der Waals surface area contributed by atoms with Crippen LogP contribution in [0.4, 0.5) is 9.18 Å². The summed E-state index contributed by atoms with van der Waals surface area (Å²) in [5.41, 5.74) is 7.52. The van der Waals surface area contributed by atoms with Crippen LogP contribution in [0.25, 0.3) is 10.9 Å². The highest BCUT2D eigenvalue weighted by Crippen LogP contribution is 2.26. The van der Waals surface area contributed by atoms with Crippen LogP contribution in [-0.2, 0) is 9.53 Å². The average Bonchev–Trinajstić information content (AvgIpc) is 3.22. The first kappa shape index (κ1) is 26.2. The molecular weight excluding hydrogens is 493 g/mol. The average molecular weight is 522 g/mol. The molecule has 10 heteroatoms. The van der Waals surface area contributed by atoms with Crippen LogP contribution < -0.4 is 11.1 Å². The van der Waals surface area contributed by atoms with E-state index in [4.69, 9.17) is 10.5 Å². The lowest BCUT2D eigenvalue weighted by Crippen LogP contribution is -2.44. The van der Waals surface area contributed by atoms with Crippen LogP contribution in [0.1, 0.15) is 32.4 Å². The van der Waals surface area contributed by atoms with Gasteiger partial charge in [0, 0.05) is 58.0 Å². The Morgan fingerprint density at radius 1 is 1.19 bits per heavy atom. The van der Waals surface area contributed by atoms with Gasteiger partial charge in [0.15, 0.2) is 0 Å². The summed E-state index contributed by atoms with van der Waals surface area (Å²) in [5.74, 6) is -1.11. The van der Waals surface area contributed by atoms with E-state index in [1.807, 2.05) is 30.3 Å². The monoisotopic (exact) mass is 521 g/mol. The van der Waals surface area contributed by atoms with Crippen LogP contribution in [0.15, 0.2) is 81.4 Å². The fourth-order valence-electron chi connectivity index (χ4n) is 3.80. The quantitative estimate of drug-likeness (QED) is 0.357. The molecule has 1 aliphatic rings. The second-order valence-corrected chi connectivity index (χ2v) is 10.4. The van der Waals surface area contributed by atoms with Gasteiger partial charge >= 0.3 is 6.09 Å². The molecule has 1 aromatic heterocycles. The number of nitrogens with zero attached hydrogens (tertiary/aromatic N) is 3. The standard InChI is InChI=1S/C27H28FN5O3S/c1-27(2,3)36-26(35)32-24(20-8-4-5-9-21(20)28)25(34)33-15-18(22(29)16-33)14-31-37-19-10-11-23-17(13-19)7-6-12-30-23/h4-14,24H,15-16,29H2,1-3H3,(H,32,35)/b31-14+. The number of aromatic nitrogens is 1. The van der Waals surface area contributed by atoms with Crippen molar-refractivity contribution >= 4 is 41.1 Å². The largest absolute Gasteiger partial charge is 0.444 e. The van der Waals surface area contributed by atoms with Gasteiger partial charge < -0.3 is 20.7 Å². The molecule has 3 N–H and O–H groups in total. The minimum atomic E-state index is -1.28. The minimum absolute atomic E-state index is 0.0420. The Kier molecular flexibility index (Phi) is 7.77. The second-order valence-electron chi connectivity index (χ2n) is 9.53. The maximum Gasteiger partial charge on any atom is 0.408 e. The lowest BCUT2D eigenvalue weighted by Gasteiger charge is -2.27. The molecule has 0 saturated heterocycles. The number of carbonyl (C=O) groups is 2. The Morgan fingerprint density at radius 2 is 1.97 bits per heavy atom. The van der Waals surface area contributed by atoms with Gasteiger partial charge in [-0.1, -0.05) is 24.3 Å². The van der Waals surface area contributed by atoms with Crippen molar-refractivity contribution in [3.8, 4) is 0 Å². The number of amides is 2. The number of alkyl carbamates (subject to hydrolysis) is 1. The van der Waals surface area contributed by atoms with Gasteiger partial charge in [-0.3, -0.25) is 9.78 Å². The topological polar surface area (TPSA) is 110 Å². The van der Waals surface area contributed by atoms with Crippen LogP contribution in [0, 0.1) is 5.82 Å². The van der Waals surface area contributed by atoms with Gasteiger partial charge in [0.05, 0.1) is 12.1 Å². The van der Waals surface area contributed by atoms with Gasteiger partial charge in [0.2, 0.25) is 0 Å². The van der Waals surface area contributed by atoms with Crippen molar-refractivity contribution < 1.29 is 18.7 Å². The number of pyridine rings is 1. The van der Waals surface area contributed by atoms with Crippen LogP contribution in [0.2, 0.25) is 0 Å². The molecule has 2 amide bonds. The van der Waals surface area contributed by atoms with Crippen LogP contribution in [0.5, 0.6) is 0 Å². The van der Waals surface area contributed by atoms with Crippen molar-refractivity contribution in [2.24, 2.45) is 10.1 Å². The molecule has 37 heavy (non-hydrogen) atoms. The van der Waals surface area contributed by atoms with Gasteiger partial charge in [0.1, 0.15) is 17.5 Å². The number of rotatable bonds is 6. The summed E-state index contributed by atoms with van der Waals surface area (Å²) in [4.78, 5) is 32.6. The van der Waals surface area contributed by atoms with E-state index in [0.717, 1.165) is 15.8 Å². The first-order valence-electron chi connectivity index (χ1n) is 11.7. The molecule has 0 radical (unpaired) electrons. The van der Waals surface area contributed by atoms with E-state index < -0.39 is 29.5 Å². The van der Waals surface area contributed by atoms with E-state index in [1.165, 1.54) is 35.0 Å². The fourth-order valence-corrected chi connectivity index (χ4v) is 4.41. The molecule has 0 fully saturated rings. The summed E-state index contributed by atoms with van der Waals surface area (Å²) in [6.07, 6.45) is 2.55. The number of benzene rings is 2. The van der Waals surface area contributed by atoms with Crippen molar-refractivity contribution in [1.82, 2.24) is 15.2 Å². The van der Waals surface area contributed by atoms with Crippen LogP contribution in [-0.4, -0.2) is 46.8 Å². The number of fused-ring (bicyclic) bond motifs is 1. The molecular formula is C27H28FN5O3S. The molecule has 192 valence electrons. The molecule has 0 spiro atoms. The van der Waals surface area contributed by atoms with Gasteiger partial charge in [-0.05, 0) is 51.1 Å². The Morgan fingerprint density at radius 3 is 2.73 bits per heavy atom. The van der Waals surface area contributed by atoms with E-state index in [1.54, 1.807) is 39.2 Å². The zero-order chi connectivity index (χ0) is 26.6. The highest BCUT2D eigenvalue weighted by atomic mass is 32.2. The van der Waals surface area contributed by atoms with E-state index in [9.17, 15) is 14.0 Å². The summed E-state index contributed by atoms with van der Waals surface area (Å²) < 4.78 is 24.4. The van der Waals surface area contributed by atoms with E-state index >= 15 is 0 Å². The number of halogens is 1. The Labute approximate surface area is 218 Å². The number of hydrogen-bond donors (Lipinski definition) is 2. The molecule has 2 heterocycles. The van der Waals surface area contributed by atoms with Crippen LogP contribution >= 0.6 is 11.9 Å². The van der Waals surface area contributed by atoms with Gasteiger partial charge in [0.25, 0.3) is 5.91 Å². The van der Waals surface area contributed by atoms with Crippen LogP contribution in [0.3, 0.4) is 0 Å². The normalized spacial score (nSPS) is 14.9. The Hall–Kier alpha value is -3.92.